The predicted octanol–water partition coefficient (Wildman–Crippen LogP) is 3.34. The van der Waals surface area contributed by atoms with Crippen molar-refractivity contribution in [3.63, 3.8) is 0 Å². The third kappa shape index (κ3) is 4.39. The number of allylic oxidation sites excluding steroid dienone is 1. The zero-order chi connectivity index (χ0) is 23.5. The monoisotopic (exact) mass is 466 g/mol. The van der Waals surface area contributed by atoms with Gasteiger partial charge in [0.25, 0.3) is 5.56 Å². The highest BCUT2D eigenvalue weighted by atomic mass is 32.1. The first-order valence-electron chi connectivity index (χ1n) is 10.6. The second kappa shape index (κ2) is 9.54. The Kier molecular flexibility index (Phi) is 6.55. The number of hydrogen-bond donors (Lipinski definition) is 0. The Labute approximate surface area is 193 Å². The van der Waals surface area contributed by atoms with Crippen LogP contribution in [0.15, 0.2) is 69.6 Å². The topological polar surface area (TPSA) is 69.9 Å². The largest absolute Gasteiger partial charge is 0.493 e. The fourth-order valence-corrected chi connectivity index (χ4v) is 4.82. The Bertz CT molecular complexity index is 1400. The van der Waals surface area contributed by atoms with Crippen LogP contribution in [0.4, 0.5) is 4.39 Å². The minimum Gasteiger partial charge on any atom is -0.493 e. The number of thiazole rings is 1. The van der Waals surface area contributed by atoms with Crippen LogP contribution in [-0.2, 0) is 9.53 Å². The summed E-state index contributed by atoms with van der Waals surface area (Å²) in [5, 5.41) is 0. The molecule has 1 aliphatic heterocycles. The van der Waals surface area contributed by atoms with E-state index < -0.39 is 17.8 Å². The quantitative estimate of drug-likeness (QED) is 0.523. The van der Waals surface area contributed by atoms with Gasteiger partial charge in [-0.05, 0) is 50.6 Å². The summed E-state index contributed by atoms with van der Waals surface area (Å²) >= 11 is 1.23. The van der Waals surface area contributed by atoms with Crippen LogP contribution < -0.4 is 19.6 Å². The number of carbonyl (C=O) groups excluding carboxylic acids is 1. The molecule has 0 spiro atoms. The standard InChI is InChI=1S/C25H23FN2O4S/c1-4-31-19-9-7-6-8-17(19)14-20-23(29)28-22(16-10-12-18(26)13-11-16)21(24(30)32-5-2)15(3)27-25(28)33-20/h6-14,22H,4-5H2,1-3H3/b20-14-/t22-/m1/s1. The van der Waals surface area contributed by atoms with Crippen LogP contribution in [0.25, 0.3) is 6.08 Å². The van der Waals surface area contributed by atoms with E-state index in [0.717, 1.165) is 5.56 Å². The molecule has 6 nitrogen and oxygen atoms in total. The van der Waals surface area contributed by atoms with Crippen molar-refractivity contribution >= 4 is 23.4 Å². The molecule has 33 heavy (non-hydrogen) atoms. The molecule has 8 heteroatoms. The molecule has 0 unspecified atom stereocenters. The minimum atomic E-state index is -0.773. The van der Waals surface area contributed by atoms with Gasteiger partial charge in [-0.1, -0.05) is 41.7 Å². The van der Waals surface area contributed by atoms with Gasteiger partial charge in [0.15, 0.2) is 4.80 Å². The molecular formula is C25H23FN2O4S. The van der Waals surface area contributed by atoms with Crippen molar-refractivity contribution in [1.82, 2.24) is 4.57 Å². The SMILES string of the molecule is CCOC(=O)C1=C(C)N=c2s/c(=C\c3ccccc3OCC)c(=O)n2[C@@H]1c1ccc(F)cc1. The summed E-state index contributed by atoms with van der Waals surface area (Å²) in [4.78, 5) is 31.4. The minimum absolute atomic E-state index is 0.185. The molecule has 170 valence electrons. The molecule has 0 fully saturated rings. The van der Waals surface area contributed by atoms with E-state index >= 15 is 0 Å². The summed E-state index contributed by atoms with van der Waals surface area (Å²) in [6, 6.07) is 12.4. The number of halogens is 1. The Balaban J connectivity index is 1.95. The van der Waals surface area contributed by atoms with Crippen molar-refractivity contribution < 1.29 is 18.7 Å². The summed E-state index contributed by atoms with van der Waals surface area (Å²) in [6.07, 6.45) is 1.76. The van der Waals surface area contributed by atoms with Crippen molar-refractivity contribution in [2.24, 2.45) is 4.99 Å². The molecular weight excluding hydrogens is 443 g/mol. The van der Waals surface area contributed by atoms with Gasteiger partial charge in [0.2, 0.25) is 0 Å². The summed E-state index contributed by atoms with van der Waals surface area (Å²) in [5.41, 5.74) is 1.79. The van der Waals surface area contributed by atoms with E-state index in [0.29, 0.717) is 33.0 Å². The molecule has 0 aliphatic carbocycles. The Morgan fingerprint density at radius 1 is 1.15 bits per heavy atom. The van der Waals surface area contributed by atoms with Crippen LogP contribution in [0.1, 0.15) is 37.9 Å². The first kappa shape index (κ1) is 22.7. The average molecular weight is 467 g/mol. The van der Waals surface area contributed by atoms with Gasteiger partial charge in [0.05, 0.1) is 35.1 Å². The molecule has 4 rings (SSSR count). The fourth-order valence-electron chi connectivity index (χ4n) is 3.78. The maximum Gasteiger partial charge on any atom is 0.338 e. The van der Waals surface area contributed by atoms with Crippen LogP contribution in [0, 0.1) is 5.82 Å². The lowest BCUT2D eigenvalue weighted by molar-refractivity contribution is -0.139. The van der Waals surface area contributed by atoms with E-state index in [1.807, 2.05) is 31.2 Å². The lowest BCUT2D eigenvalue weighted by Crippen LogP contribution is -2.39. The van der Waals surface area contributed by atoms with Crippen LogP contribution in [0.2, 0.25) is 0 Å². The van der Waals surface area contributed by atoms with Gasteiger partial charge in [-0.3, -0.25) is 9.36 Å². The third-order valence-corrected chi connectivity index (χ3v) is 6.19. The number of aromatic nitrogens is 1. The maximum absolute atomic E-state index is 13.6. The van der Waals surface area contributed by atoms with E-state index in [2.05, 4.69) is 4.99 Å². The van der Waals surface area contributed by atoms with Gasteiger partial charge in [-0.25, -0.2) is 14.2 Å². The number of benzene rings is 2. The second-order valence-electron chi connectivity index (χ2n) is 7.32. The highest BCUT2D eigenvalue weighted by Gasteiger charge is 2.33. The molecule has 0 radical (unpaired) electrons. The van der Waals surface area contributed by atoms with Crippen molar-refractivity contribution in [2.75, 3.05) is 13.2 Å². The Morgan fingerprint density at radius 2 is 1.88 bits per heavy atom. The molecule has 1 aromatic heterocycles. The van der Waals surface area contributed by atoms with Crippen LogP contribution in [-0.4, -0.2) is 23.8 Å². The lowest BCUT2D eigenvalue weighted by Gasteiger charge is -2.24. The highest BCUT2D eigenvalue weighted by molar-refractivity contribution is 7.07. The number of hydrogen-bond acceptors (Lipinski definition) is 6. The summed E-state index contributed by atoms with van der Waals surface area (Å²) < 4.78 is 26.5. The third-order valence-electron chi connectivity index (χ3n) is 5.21. The summed E-state index contributed by atoms with van der Waals surface area (Å²) in [7, 11) is 0. The van der Waals surface area contributed by atoms with Gasteiger partial charge >= 0.3 is 5.97 Å². The van der Waals surface area contributed by atoms with Crippen molar-refractivity contribution in [1.29, 1.82) is 0 Å². The molecule has 2 heterocycles. The molecule has 0 amide bonds. The summed E-state index contributed by atoms with van der Waals surface area (Å²) in [5.74, 6) is -0.287. The molecule has 0 bridgehead atoms. The molecule has 0 saturated carbocycles. The van der Waals surface area contributed by atoms with Crippen LogP contribution in [0.5, 0.6) is 5.75 Å². The van der Waals surface area contributed by atoms with E-state index in [4.69, 9.17) is 9.47 Å². The fraction of sp³-hybridized carbons (Fsp3) is 0.240. The van der Waals surface area contributed by atoms with E-state index in [9.17, 15) is 14.0 Å². The normalized spacial score (nSPS) is 15.8. The smallest absolute Gasteiger partial charge is 0.338 e. The molecule has 0 saturated heterocycles. The van der Waals surface area contributed by atoms with Crippen molar-refractivity contribution in [3.8, 4) is 5.75 Å². The molecule has 1 aliphatic rings. The van der Waals surface area contributed by atoms with E-state index in [-0.39, 0.29) is 17.7 Å². The Morgan fingerprint density at radius 3 is 2.58 bits per heavy atom. The summed E-state index contributed by atoms with van der Waals surface area (Å²) in [6.45, 7) is 6.01. The van der Waals surface area contributed by atoms with E-state index in [1.54, 1.807) is 32.1 Å². The van der Waals surface area contributed by atoms with Crippen molar-refractivity contribution in [2.45, 2.75) is 26.8 Å². The molecule has 2 aromatic carbocycles. The second-order valence-corrected chi connectivity index (χ2v) is 8.33. The first-order chi connectivity index (χ1) is 15.9. The number of para-hydroxylation sites is 1. The van der Waals surface area contributed by atoms with Gasteiger partial charge in [-0.15, -0.1) is 0 Å². The van der Waals surface area contributed by atoms with Crippen molar-refractivity contribution in [3.05, 3.63) is 96.4 Å². The number of esters is 1. The Hall–Kier alpha value is -3.52. The lowest BCUT2D eigenvalue weighted by atomic mass is 9.96. The van der Waals surface area contributed by atoms with Gasteiger partial charge < -0.3 is 9.47 Å². The van der Waals surface area contributed by atoms with Gasteiger partial charge in [0, 0.05) is 5.56 Å². The molecule has 1 atom stereocenters. The predicted molar refractivity (Wildman–Crippen MR) is 124 cm³/mol. The molecule has 0 N–H and O–H groups in total. The van der Waals surface area contributed by atoms with Gasteiger partial charge in [0.1, 0.15) is 11.6 Å². The highest BCUT2D eigenvalue weighted by Crippen LogP contribution is 2.30. The number of nitrogens with zero attached hydrogens (tertiary/aromatic N) is 2. The average Bonchev–Trinajstić information content (AvgIpc) is 3.09. The van der Waals surface area contributed by atoms with Crippen LogP contribution >= 0.6 is 11.3 Å². The molecule has 3 aromatic rings. The zero-order valence-corrected chi connectivity index (χ0v) is 19.3. The number of ether oxygens (including phenoxy) is 2. The maximum atomic E-state index is 13.6. The first-order valence-corrected chi connectivity index (χ1v) is 11.4. The van der Waals surface area contributed by atoms with Crippen LogP contribution in [0.3, 0.4) is 0 Å². The van der Waals surface area contributed by atoms with Gasteiger partial charge in [-0.2, -0.15) is 0 Å². The van der Waals surface area contributed by atoms with E-state index in [1.165, 1.54) is 28.0 Å². The number of fused-ring (bicyclic) bond motifs is 1. The number of carbonyl (C=O) groups is 1. The number of rotatable bonds is 6. The zero-order valence-electron chi connectivity index (χ0n) is 18.5.